The molecule has 0 unspecified atom stereocenters. The van der Waals surface area contributed by atoms with Gasteiger partial charge in [0.2, 0.25) is 0 Å². The van der Waals surface area contributed by atoms with Crippen LogP contribution in [0.5, 0.6) is 0 Å². The average Bonchev–Trinajstić information content (AvgIpc) is 2.98. The fourth-order valence-corrected chi connectivity index (χ4v) is 5.14. The largest absolute Gasteiger partial charge is 0.462 e. The summed E-state index contributed by atoms with van der Waals surface area (Å²) in [6, 6.07) is 6.77. The van der Waals surface area contributed by atoms with E-state index in [2.05, 4.69) is 26.1 Å². The van der Waals surface area contributed by atoms with Gasteiger partial charge in [-0.3, -0.25) is 4.79 Å². The number of amides is 1. The second kappa shape index (κ2) is 8.26. The van der Waals surface area contributed by atoms with Crippen molar-refractivity contribution in [3.8, 4) is 0 Å². The van der Waals surface area contributed by atoms with E-state index < -0.39 is 0 Å². The van der Waals surface area contributed by atoms with Crippen molar-refractivity contribution in [1.29, 1.82) is 0 Å². The Kier molecular flexibility index (Phi) is 6.15. The van der Waals surface area contributed by atoms with Crippen LogP contribution in [0.2, 0.25) is 5.02 Å². The summed E-state index contributed by atoms with van der Waals surface area (Å²) in [5, 5.41) is 3.99. The van der Waals surface area contributed by atoms with Gasteiger partial charge in [-0.25, -0.2) is 4.79 Å². The van der Waals surface area contributed by atoms with E-state index in [1.165, 1.54) is 16.2 Å². The first-order valence-electron chi connectivity index (χ1n) is 9.59. The quantitative estimate of drug-likeness (QED) is 0.620. The van der Waals surface area contributed by atoms with Gasteiger partial charge in [0.1, 0.15) is 5.00 Å². The van der Waals surface area contributed by atoms with Gasteiger partial charge in [-0.15, -0.1) is 11.3 Å². The second-order valence-electron chi connectivity index (χ2n) is 8.20. The molecule has 1 atom stereocenters. The molecular weight excluding hydrogens is 394 g/mol. The van der Waals surface area contributed by atoms with Crippen molar-refractivity contribution < 1.29 is 14.3 Å². The zero-order valence-corrected chi connectivity index (χ0v) is 18.3. The van der Waals surface area contributed by atoms with Gasteiger partial charge in [-0.1, -0.05) is 38.4 Å². The van der Waals surface area contributed by atoms with Crippen LogP contribution in [0.1, 0.15) is 65.3 Å². The van der Waals surface area contributed by atoms with Crippen molar-refractivity contribution in [2.24, 2.45) is 11.3 Å². The smallest absolute Gasteiger partial charge is 0.341 e. The van der Waals surface area contributed by atoms with Crippen molar-refractivity contribution in [2.75, 3.05) is 11.9 Å². The summed E-state index contributed by atoms with van der Waals surface area (Å²) >= 11 is 7.50. The number of hydrogen-bond acceptors (Lipinski definition) is 4. The molecular formula is C22H26ClNO3S. The zero-order chi connectivity index (χ0) is 20.5. The van der Waals surface area contributed by atoms with Gasteiger partial charge < -0.3 is 10.1 Å². The van der Waals surface area contributed by atoms with Crippen molar-refractivity contribution in [3.05, 3.63) is 50.9 Å². The number of rotatable bonds is 4. The van der Waals surface area contributed by atoms with Crippen LogP contribution in [0.3, 0.4) is 0 Å². The van der Waals surface area contributed by atoms with E-state index >= 15 is 0 Å². The highest BCUT2D eigenvalue weighted by Gasteiger charge is 2.34. The summed E-state index contributed by atoms with van der Waals surface area (Å²) in [5.41, 5.74) is 2.21. The van der Waals surface area contributed by atoms with Crippen molar-refractivity contribution in [2.45, 2.75) is 47.0 Å². The first-order valence-corrected chi connectivity index (χ1v) is 10.8. The Hall–Kier alpha value is -1.85. The van der Waals surface area contributed by atoms with Crippen LogP contribution in [0.15, 0.2) is 24.3 Å². The molecule has 1 heterocycles. The van der Waals surface area contributed by atoms with E-state index in [0.717, 1.165) is 24.8 Å². The van der Waals surface area contributed by atoms with Crippen molar-refractivity contribution in [1.82, 2.24) is 0 Å². The van der Waals surface area contributed by atoms with Crippen LogP contribution in [0.4, 0.5) is 5.00 Å². The van der Waals surface area contributed by atoms with E-state index in [0.29, 0.717) is 33.7 Å². The number of benzene rings is 1. The zero-order valence-electron chi connectivity index (χ0n) is 16.7. The molecule has 28 heavy (non-hydrogen) atoms. The Morgan fingerprint density at radius 1 is 1.32 bits per heavy atom. The molecule has 1 N–H and O–H groups in total. The number of thiophene rings is 1. The molecule has 4 nitrogen and oxygen atoms in total. The number of ether oxygens (including phenoxy) is 1. The van der Waals surface area contributed by atoms with E-state index in [4.69, 9.17) is 16.3 Å². The predicted octanol–water partition coefficient (Wildman–Crippen LogP) is 5.98. The van der Waals surface area contributed by atoms with E-state index in [-0.39, 0.29) is 17.3 Å². The number of anilines is 1. The van der Waals surface area contributed by atoms with Gasteiger partial charge in [0.15, 0.2) is 0 Å². The number of nitrogens with one attached hydrogen (secondary N) is 1. The summed E-state index contributed by atoms with van der Waals surface area (Å²) in [6.07, 6.45) is 2.78. The first-order chi connectivity index (χ1) is 13.2. The lowest BCUT2D eigenvalue weighted by atomic mass is 9.72. The van der Waals surface area contributed by atoms with Gasteiger partial charge in [0.25, 0.3) is 5.91 Å². The maximum absolute atomic E-state index is 12.7. The number of carbonyl (C=O) groups is 2. The van der Waals surface area contributed by atoms with Crippen LogP contribution in [0.25, 0.3) is 0 Å². The number of halogens is 1. The number of carbonyl (C=O) groups excluding carboxylic acids is 2. The monoisotopic (exact) mass is 419 g/mol. The highest BCUT2D eigenvalue weighted by molar-refractivity contribution is 7.17. The molecule has 1 aliphatic rings. The molecule has 0 radical (unpaired) electrons. The third-order valence-electron chi connectivity index (χ3n) is 5.28. The number of esters is 1. The number of fused-ring (bicyclic) bond motifs is 1. The van der Waals surface area contributed by atoms with Crippen molar-refractivity contribution >= 4 is 39.8 Å². The fourth-order valence-electron chi connectivity index (χ4n) is 3.64. The Morgan fingerprint density at radius 3 is 2.71 bits per heavy atom. The standard InChI is InChI=1S/C22H26ClNO3S/c1-5-27-21(26)18-16-10-9-14(22(2,3)4)12-17(16)28-20(18)24-19(25)13-7-6-8-15(23)11-13/h6-8,11,14H,5,9-10,12H2,1-4H3,(H,24,25)/t14-/m0/s1. The summed E-state index contributed by atoms with van der Waals surface area (Å²) in [4.78, 5) is 26.6. The summed E-state index contributed by atoms with van der Waals surface area (Å²) in [7, 11) is 0. The van der Waals surface area contributed by atoms with Crippen LogP contribution in [-0.4, -0.2) is 18.5 Å². The SMILES string of the molecule is CCOC(=O)c1c(NC(=O)c2cccc(Cl)c2)sc2c1CC[C@H](C(C)(C)C)C2. The highest BCUT2D eigenvalue weighted by Crippen LogP contribution is 2.44. The molecule has 0 aliphatic heterocycles. The fraction of sp³-hybridized carbons (Fsp3) is 0.455. The molecule has 0 saturated heterocycles. The number of hydrogen-bond donors (Lipinski definition) is 1. The van der Waals surface area contributed by atoms with Gasteiger partial charge >= 0.3 is 5.97 Å². The predicted molar refractivity (Wildman–Crippen MR) is 115 cm³/mol. The van der Waals surface area contributed by atoms with Gasteiger partial charge in [-0.05, 0) is 61.3 Å². The molecule has 1 amide bonds. The molecule has 2 aromatic rings. The first kappa shape index (κ1) is 20.9. The Morgan fingerprint density at radius 2 is 2.07 bits per heavy atom. The van der Waals surface area contributed by atoms with Crippen molar-refractivity contribution in [3.63, 3.8) is 0 Å². The maximum Gasteiger partial charge on any atom is 0.341 e. The molecule has 0 bridgehead atoms. The molecule has 1 aromatic heterocycles. The molecule has 0 fully saturated rings. The molecule has 150 valence electrons. The Labute approximate surface area is 175 Å². The molecule has 6 heteroatoms. The maximum atomic E-state index is 12.7. The minimum absolute atomic E-state index is 0.204. The second-order valence-corrected chi connectivity index (χ2v) is 9.74. The van der Waals surface area contributed by atoms with E-state index in [9.17, 15) is 9.59 Å². The Bertz CT molecular complexity index is 898. The minimum atomic E-state index is -0.365. The lowest BCUT2D eigenvalue weighted by Gasteiger charge is -2.33. The lowest BCUT2D eigenvalue weighted by molar-refractivity contribution is 0.0526. The molecule has 1 aliphatic carbocycles. The molecule has 0 saturated carbocycles. The van der Waals surface area contributed by atoms with Gasteiger partial charge in [0.05, 0.1) is 12.2 Å². The van der Waals surface area contributed by atoms with Crippen LogP contribution in [0, 0.1) is 11.3 Å². The van der Waals surface area contributed by atoms with E-state index in [1.807, 2.05) is 0 Å². The third kappa shape index (κ3) is 4.41. The van der Waals surface area contributed by atoms with E-state index in [1.54, 1.807) is 31.2 Å². The molecule has 1 aromatic carbocycles. The third-order valence-corrected chi connectivity index (χ3v) is 6.69. The minimum Gasteiger partial charge on any atom is -0.462 e. The summed E-state index contributed by atoms with van der Waals surface area (Å²) < 4.78 is 5.29. The van der Waals surface area contributed by atoms with Crippen LogP contribution < -0.4 is 5.32 Å². The topological polar surface area (TPSA) is 55.4 Å². The van der Waals surface area contributed by atoms with Gasteiger partial charge in [-0.2, -0.15) is 0 Å². The van der Waals surface area contributed by atoms with Gasteiger partial charge in [0, 0.05) is 15.5 Å². The summed E-state index contributed by atoms with van der Waals surface area (Å²) in [5.74, 6) is -0.0974. The summed E-state index contributed by atoms with van der Waals surface area (Å²) in [6.45, 7) is 8.85. The molecule has 3 rings (SSSR count). The molecule has 0 spiro atoms. The van der Waals surface area contributed by atoms with Crippen LogP contribution >= 0.6 is 22.9 Å². The average molecular weight is 420 g/mol. The van der Waals surface area contributed by atoms with Crippen LogP contribution in [-0.2, 0) is 17.6 Å². The normalized spacial score (nSPS) is 16.4. The Balaban J connectivity index is 1.95. The lowest BCUT2D eigenvalue weighted by Crippen LogP contribution is -2.26. The highest BCUT2D eigenvalue weighted by atomic mass is 35.5.